The van der Waals surface area contributed by atoms with E-state index < -0.39 is 5.60 Å². The number of hydrogen-bond donors (Lipinski definition) is 1. The van der Waals surface area contributed by atoms with E-state index >= 15 is 0 Å². The third-order valence-corrected chi connectivity index (χ3v) is 2.80. The molecule has 0 radical (unpaired) electrons. The van der Waals surface area contributed by atoms with Gasteiger partial charge in [-0.05, 0) is 25.0 Å². The molecule has 0 heterocycles. The van der Waals surface area contributed by atoms with E-state index in [1.807, 2.05) is 19.9 Å². The van der Waals surface area contributed by atoms with Crippen molar-refractivity contribution in [1.82, 2.24) is 0 Å². The van der Waals surface area contributed by atoms with Crippen LogP contribution in [0.15, 0.2) is 30.3 Å². The van der Waals surface area contributed by atoms with Gasteiger partial charge in [-0.15, -0.1) is 0 Å². The second-order valence-electron chi connectivity index (χ2n) is 3.87. The zero-order valence-electron chi connectivity index (χ0n) is 9.77. The van der Waals surface area contributed by atoms with Gasteiger partial charge in [-0.1, -0.05) is 32.0 Å². The quantitative estimate of drug-likeness (QED) is 0.778. The van der Waals surface area contributed by atoms with Crippen LogP contribution in [0, 0.1) is 0 Å². The first kappa shape index (κ1) is 12.7. The van der Waals surface area contributed by atoms with E-state index in [2.05, 4.69) is 0 Å². The summed E-state index contributed by atoms with van der Waals surface area (Å²) < 4.78 is 5.09. The molecule has 0 spiro atoms. The smallest absolute Gasteiger partial charge is 0.338 e. The van der Waals surface area contributed by atoms with E-state index in [1.165, 1.54) is 0 Å². The summed E-state index contributed by atoms with van der Waals surface area (Å²) in [4.78, 5) is 11.6. The Morgan fingerprint density at radius 1 is 1.25 bits per heavy atom. The molecule has 1 aromatic carbocycles. The molecule has 0 aliphatic carbocycles. The van der Waals surface area contributed by atoms with E-state index in [0.717, 1.165) is 0 Å². The highest BCUT2D eigenvalue weighted by Crippen LogP contribution is 2.15. The molecule has 3 nitrogen and oxygen atoms in total. The highest BCUT2D eigenvalue weighted by atomic mass is 16.5. The molecule has 88 valence electrons. The van der Waals surface area contributed by atoms with Crippen molar-refractivity contribution in [3.8, 4) is 0 Å². The fraction of sp³-hybridized carbons (Fsp3) is 0.462. The van der Waals surface area contributed by atoms with Gasteiger partial charge in [-0.3, -0.25) is 0 Å². The van der Waals surface area contributed by atoms with Gasteiger partial charge in [0.05, 0.1) is 11.2 Å². The van der Waals surface area contributed by atoms with Gasteiger partial charge in [0, 0.05) is 0 Å². The second kappa shape index (κ2) is 5.66. The normalized spacial score (nSPS) is 11.2. The van der Waals surface area contributed by atoms with Crippen LogP contribution in [0.2, 0.25) is 0 Å². The Balaban J connectivity index is 2.54. The summed E-state index contributed by atoms with van der Waals surface area (Å²) >= 11 is 0. The number of carbonyl (C=O) groups is 1. The molecule has 1 rings (SSSR count). The summed E-state index contributed by atoms with van der Waals surface area (Å²) in [5.74, 6) is -0.388. The molecule has 0 amide bonds. The number of esters is 1. The predicted molar refractivity (Wildman–Crippen MR) is 62.3 cm³/mol. The van der Waals surface area contributed by atoms with Crippen LogP contribution in [-0.2, 0) is 4.74 Å². The van der Waals surface area contributed by atoms with Crippen molar-refractivity contribution in [3.63, 3.8) is 0 Å². The molecule has 0 saturated carbocycles. The minimum atomic E-state index is -0.898. The summed E-state index contributed by atoms with van der Waals surface area (Å²) in [7, 11) is 0. The molecular formula is C13H18O3. The topological polar surface area (TPSA) is 46.5 Å². The van der Waals surface area contributed by atoms with E-state index in [1.54, 1.807) is 24.3 Å². The molecule has 0 saturated heterocycles. The fourth-order valence-corrected chi connectivity index (χ4v) is 1.31. The zero-order chi connectivity index (χ0) is 12.0. The van der Waals surface area contributed by atoms with Crippen molar-refractivity contribution >= 4 is 5.97 Å². The minimum absolute atomic E-state index is 0.0493. The van der Waals surface area contributed by atoms with Gasteiger partial charge in [-0.25, -0.2) is 4.79 Å². The second-order valence-corrected chi connectivity index (χ2v) is 3.87. The van der Waals surface area contributed by atoms with Crippen LogP contribution < -0.4 is 0 Å². The zero-order valence-corrected chi connectivity index (χ0v) is 9.77. The third-order valence-electron chi connectivity index (χ3n) is 2.80. The van der Waals surface area contributed by atoms with E-state index in [4.69, 9.17) is 4.74 Å². The van der Waals surface area contributed by atoms with Gasteiger partial charge in [0.2, 0.25) is 0 Å². The van der Waals surface area contributed by atoms with Gasteiger partial charge in [0.1, 0.15) is 6.61 Å². The Labute approximate surface area is 96.1 Å². The molecule has 1 aromatic rings. The summed E-state index contributed by atoms with van der Waals surface area (Å²) in [5.41, 5.74) is -0.387. The molecule has 0 aliphatic heterocycles. The molecule has 0 atom stereocenters. The highest BCUT2D eigenvalue weighted by Gasteiger charge is 2.24. The van der Waals surface area contributed by atoms with Gasteiger partial charge < -0.3 is 9.84 Å². The van der Waals surface area contributed by atoms with Crippen LogP contribution in [-0.4, -0.2) is 23.3 Å². The molecule has 3 heteroatoms. The van der Waals surface area contributed by atoms with Gasteiger partial charge in [0.15, 0.2) is 0 Å². The maximum absolute atomic E-state index is 11.6. The predicted octanol–water partition coefficient (Wildman–Crippen LogP) is 2.39. The lowest BCUT2D eigenvalue weighted by molar-refractivity contribution is -0.0365. The van der Waals surface area contributed by atoms with Gasteiger partial charge in [0.25, 0.3) is 0 Å². The standard InChI is InChI=1S/C13H18O3/c1-3-13(15,4-2)10-16-12(14)11-8-6-5-7-9-11/h5-9,15H,3-4,10H2,1-2H3. The first-order chi connectivity index (χ1) is 7.61. The average Bonchev–Trinajstić information content (AvgIpc) is 2.36. The molecule has 0 fully saturated rings. The van der Waals surface area contributed by atoms with Crippen LogP contribution in [0.3, 0.4) is 0 Å². The monoisotopic (exact) mass is 222 g/mol. The first-order valence-corrected chi connectivity index (χ1v) is 5.56. The number of ether oxygens (including phenoxy) is 1. The number of aliphatic hydroxyl groups is 1. The fourth-order valence-electron chi connectivity index (χ4n) is 1.31. The lowest BCUT2D eigenvalue weighted by Gasteiger charge is -2.24. The molecule has 16 heavy (non-hydrogen) atoms. The molecule has 1 N–H and O–H groups in total. The summed E-state index contributed by atoms with van der Waals surface area (Å²) in [6.07, 6.45) is 1.15. The van der Waals surface area contributed by atoms with Crippen molar-refractivity contribution < 1.29 is 14.6 Å². The van der Waals surface area contributed by atoms with Crippen LogP contribution in [0.25, 0.3) is 0 Å². The Kier molecular flexibility index (Phi) is 4.50. The number of hydrogen-bond acceptors (Lipinski definition) is 3. The maximum Gasteiger partial charge on any atom is 0.338 e. The Morgan fingerprint density at radius 3 is 2.31 bits per heavy atom. The molecule has 0 unspecified atom stereocenters. The first-order valence-electron chi connectivity index (χ1n) is 5.56. The largest absolute Gasteiger partial charge is 0.459 e. The lowest BCUT2D eigenvalue weighted by atomic mass is 9.99. The molecule has 0 aromatic heterocycles. The maximum atomic E-state index is 11.6. The Morgan fingerprint density at radius 2 is 1.81 bits per heavy atom. The number of benzene rings is 1. The van der Waals surface area contributed by atoms with Gasteiger partial charge in [-0.2, -0.15) is 0 Å². The average molecular weight is 222 g/mol. The van der Waals surface area contributed by atoms with Crippen LogP contribution in [0.1, 0.15) is 37.0 Å². The third kappa shape index (κ3) is 3.35. The van der Waals surface area contributed by atoms with E-state index in [9.17, 15) is 9.90 Å². The summed E-state index contributed by atoms with van der Waals surface area (Å²) in [6.45, 7) is 3.80. The van der Waals surface area contributed by atoms with Crippen molar-refractivity contribution in [2.75, 3.05) is 6.61 Å². The van der Waals surface area contributed by atoms with E-state index in [0.29, 0.717) is 18.4 Å². The lowest BCUT2D eigenvalue weighted by Crippen LogP contribution is -2.34. The molecule has 0 bridgehead atoms. The van der Waals surface area contributed by atoms with Crippen LogP contribution in [0.5, 0.6) is 0 Å². The van der Waals surface area contributed by atoms with Gasteiger partial charge >= 0.3 is 5.97 Å². The Bertz CT molecular complexity index is 328. The summed E-state index contributed by atoms with van der Waals surface area (Å²) in [6, 6.07) is 8.79. The number of carbonyl (C=O) groups excluding carboxylic acids is 1. The van der Waals surface area contributed by atoms with Crippen molar-refractivity contribution in [1.29, 1.82) is 0 Å². The Hall–Kier alpha value is -1.35. The number of rotatable bonds is 5. The molecule has 0 aliphatic rings. The minimum Gasteiger partial charge on any atom is -0.459 e. The van der Waals surface area contributed by atoms with Crippen molar-refractivity contribution in [3.05, 3.63) is 35.9 Å². The SMILES string of the molecule is CCC(O)(CC)COC(=O)c1ccccc1. The van der Waals surface area contributed by atoms with Crippen molar-refractivity contribution in [2.45, 2.75) is 32.3 Å². The van der Waals surface area contributed by atoms with Crippen LogP contribution >= 0.6 is 0 Å². The van der Waals surface area contributed by atoms with E-state index in [-0.39, 0.29) is 12.6 Å². The van der Waals surface area contributed by atoms with Crippen LogP contribution in [0.4, 0.5) is 0 Å². The summed E-state index contributed by atoms with van der Waals surface area (Å²) in [5, 5.41) is 9.95. The molecular weight excluding hydrogens is 204 g/mol. The van der Waals surface area contributed by atoms with Crippen molar-refractivity contribution in [2.24, 2.45) is 0 Å². The highest BCUT2D eigenvalue weighted by molar-refractivity contribution is 5.89.